The fourth-order valence-electron chi connectivity index (χ4n) is 2.79. The summed E-state index contributed by atoms with van der Waals surface area (Å²) in [4.78, 5) is 11.9. The lowest BCUT2D eigenvalue weighted by Crippen LogP contribution is -2.19. The van der Waals surface area contributed by atoms with E-state index in [9.17, 15) is 27.1 Å². The number of sulfonamides is 1. The molecule has 0 aromatic heterocycles. The van der Waals surface area contributed by atoms with Crippen LogP contribution in [0.1, 0.15) is 31.9 Å². The quantitative estimate of drug-likeness (QED) is 0.495. The second-order valence-electron chi connectivity index (χ2n) is 8.01. The van der Waals surface area contributed by atoms with Crippen molar-refractivity contribution in [1.29, 1.82) is 0 Å². The number of aliphatic hydroxyl groups is 1. The lowest BCUT2D eigenvalue weighted by Gasteiger charge is -2.17. The monoisotopic (exact) mass is 476 g/mol. The minimum Gasteiger partial charge on any atom is -0.386 e. The molecule has 6 nitrogen and oxygen atoms in total. The molecule has 0 radical (unpaired) electrons. The summed E-state index contributed by atoms with van der Waals surface area (Å²) in [7, 11) is -4.26. The number of nitrogens with two attached hydrogens (primary N) is 1. The van der Waals surface area contributed by atoms with Gasteiger partial charge in [-0.25, -0.2) is 22.3 Å². The van der Waals surface area contributed by atoms with E-state index in [1.807, 2.05) is 0 Å². The van der Waals surface area contributed by atoms with Gasteiger partial charge in [-0.15, -0.1) is 0 Å². The van der Waals surface area contributed by atoms with E-state index in [0.717, 1.165) is 18.2 Å². The van der Waals surface area contributed by atoms with Crippen molar-refractivity contribution in [3.63, 3.8) is 0 Å². The van der Waals surface area contributed by atoms with Crippen molar-refractivity contribution in [1.82, 2.24) is 0 Å². The number of carbonyl (C=O) groups is 1. The summed E-state index contributed by atoms with van der Waals surface area (Å²) >= 11 is 0. The number of hydrogen-bond donors (Lipinski definition) is 3. The third-order valence-corrected chi connectivity index (χ3v) is 5.81. The summed E-state index contributed by atoms with van der Waals surface area (Å²) in [6.07, 6.45) is 1.86. The Labute approximate surface area is 192 Å². The second kappa shape index (κ2) is 10.2. The first-order chi connectivity index (χ1) is 15.2. The molecule has 0 aliphatic rings. The van der Waals surface area contributed by atoms with Crippen LogP contribution in [0.4, 0.5) is 14.5 Å². The van der Waals surface area contributed by atoms with Crippen LogP contribution in [0.3, 0.4) is 0 Å². The first-order valence-corrected chi connectivity index (χ1v) is 11.4. The van der Waals surface area contributed by atoms with Gasteiger partial charge in [0.25, 0.3) is 0 Å². The van der Waals surface area contributed by atoms with E-state index in [0.29, 0.717) is 5.57 Å². The molecule has 2 aromatic rings. The van der Waals surface area contributed by atoms with Crippen LogP contribution >= 0.6 is 0 Å². The van der Waals surface area contributed by atoms with Crippen LogP contribution in [0.2, 0.25) is 0 Å². The molecule has 0 spiro atoms. The van der Waals surface area contributed by atoms with Crippen molar-refractivity contribution >= 4 is 27.2 Å². The van der Waals surface area contributed by atoms with E-state index >= 15 is 0 Å². The molecule has 0 heterocycles. The lowest BCUT2D eigenvalue weighted by molar-refractivity contribution is -0.115. The largest absolute Gasteiger partial charge is 0.386 e. The maximum Gasteiger partial charge on any atom is 0.238 e. The predicted molar refractivity (Wildman–Crippen MR) is 125 cm³/mol. The highest BCUT2D eigenvalue weighted by molar-refractivity contribution is 7.89. The average molecular weight is 477 g/mol. The first kappa shape index (κ1) is 26.1. The number of nitrogens with one attached hydrogen (secondary N) is 1. The SMILES string of the molecule is C=C(/C=C(F)\C=C(/C)C(C)(C)O)c1ccc(NC(=O)Cc2ccccc2F)cc1S(N)(=O)=O. The molecule has 2 aromatic carbocycles. The summed E-state index contributed by atoms with van der Waals surface area (Å²) in [5.74, 6) is -1.85. The average Bonchev–Trinajstić information content (AvgIpc) is 2.68. The number of halogens is 2. The summed E-state index contributed by atoms with van der Waals surface area (Å²) in [5.41, 5.74) is -0.542. The number of rotatable bonds is 8. The van der Waals surface area contributed by atoms with Gasteiger partial charge in [-0.2, -0.15) is 0 Å². The van der Waals surface area contributed by atoms with Crippen LogP contribution in [-0.4, -0.2) is 25.0 Å². The van der Waals surface area contributed by atoms with Gasteiger partial charge in [0.1, 0.15) is 11.6 Å². The van der Waals surface area contributed by atoms with Gasteiger partial charge < -0.3 is 10.4 Å². The highest BCUT2D eigenvalue weighted by Gasteiger charge is 2.19. The van der Waals surface area contributed by atoms with Gasteiger partial charge in [0, 0.05) is 11.3 Å². The Bertz CT molecular complexity index is 1240. The Morgan fingerprint density at radius 2 is 1.85 bits per heavy atom. The zero-order valence-electron chi connectivity index (χ0n) is 18.5. The van der Waals surface area contributed by atoms with Crippen molar-refractivity contribution in [2.24, 2.45) is 5.14 Å². The highest BCUT2D eigenvalue weighted by atomic mass is 32.2. The van der Waals surface area contributed by atoms with Gasteiger partial charge >= 0.3 is 0 Å². The predicted octanol–water partition coefficient (Wildman–Crippen LogP) is 4.24. The normalized spacial score (nSPS) is 13.1. The van der Waals surface area contributed by atoms with E-state index in [1.165, 1.54) is 44.2 Å². The molecule has 176 valence electrons. The fraction of sp³-hybridized carbons (Fsp3) is 0.208. The van der Waals surface area contributed by atoms with E-state index in [4.69, 9.17) is 5.14 Å². The minimum absolute atomic E-state index is 0.0144. The summed E-state index contributed by atoms with van der Waals surface area (Å²) in [6, 6.07) is 9.64. The highest BCUT2D eigenvalue weighted by Crippen LogP contribution is 2.28. The number of carbonyl (C=O) groups excluding carboxylic acids is 1. The molecular formula is C24H26F2N2O4S. The minimum atomic E-state index is -4.26. The molecule has 0 saturated carbocycles. The van der Waals surface area contributed by atoms with E-state index < -0.39 is 33.2 Å². The second-order valence-corrected chi connectivity index (χ2v) is 9.54. The van der Waals surface area contributed by atoms with Crippen LogP contribution in [0.25, 0.3) is 5.57 Å². The Hall–Kier alpha value is -3.14. The standard InChI is InChI=1S/C24H26F2N2O4S/c1-15(11-18(25)12-16(2)24(3,4)30)20-10-9-19(14-22(20)33(27,31)32)28-23(29)13-17-7-5-6-8-21(17)26/h5-12,14,30H,1,13H2,2-4H3,(H,28,29)(H2,27,31,32)/b16-12+,18-11+. The molecule has 1 amide bonds. The number of primary sulfonamides is 1. The van der Waals surface area contributed by atoms with Crippen LogP contribution in [0, 0.1) is 5.82 Å². The molecule has 2 rings (SSSR count). The number of benzene rings is 2. The zero-order valence-corrected chi connectivity index (χ0v) is 19.3. The molecule has 33 heavy (non-hydrogen) atoms. The molecule has 9 heteroatoms. The molecule has 0 bridgehead atoms. The van der Waals surface area contributed by atoms with Gasteiger partial charge in [0.2, 0.25) is 15.9 Å². The van der Waals surface area contributed by atoms with Gasteiger partial charge in [-0.1, -0.05) is 30.8 Å². The van der Waals surface area contributed by atoms with Gasteiger partial charge in [-0.05, 0) is 67.8 Å². The van der Waals surface area contributed by atoms with Crippen molar-refractivity contribution < 1.29 is 27.1 Å². The Morgan fingerprint density at radius 3 is 2.42 bits per heavy atom. The van der Waals surface area contributed by atoms with Crippen LogP contribution in [0.5, 0.6) is 0 Å². The molecule has 0 aliphatic heterocycles. The molecular weight excluding hydrogens is 450 g/mol. The van der Waals surface area contributed by atoms with Gasteiger partial charge in [-0.3, -0.25) is 4.79 Å². The van der Waals surface area contributed by atoms with E-state index in [2.05, 4.69) is 11.9 Å². The Kier molecular flexibility index (Phi) is 8.07. The maximum absolute atomic E-state index is 14.4. The smallest absolute Gasteiger partial charge is 0.238 e. The third-order valence-electron chi connectivity index (χ3n) is 4.86. The number of anilines is 1. The first-order valence-electron chi connectivity index (χ1n) is 9.86. The Morgan fingerprint density at radius 1 is 1.21 bits per heavy atom. The number of allylic oxidation sites excluding steroid dienone is 4. The lowest BCUT2D eigenvalue weighted by atomic mass is 9.99. The van der Waals surface area contributed by atoms with Crippen molar-refractivity contribution in [3.05, 3.63) is 89.5 Å². The van der Waals surface area contributed by atoms with E-state index in [1.54, 1.807) is 13.0 Å². The summed E-state index contributed by atoms with van der Waals surface area (Å²) < 4.78 is 52.4. The molecule has 0 atom stereocenters. The number of hydrogen-bond acceptors (Lipinski definition) is 4. The molecule has 0 fully saturated rings. The zero-order chi connectivity index (χ0) is 25.0. The van der Waals surface area contributed by atoms with Gasteiger partial charge in [0.05, 0.1) is 16.9 Å². The topological polar surface area (TPSA) is 109 Å². The van der Waals surface area contributed by atoms with Crippen molar-refractivity contribution in [3.8, 4) is 0 Å². The maximum atomic E-state index is 14.4. The van der Waals surface area contributed by atoms with E-state index in [-0.39, 0.29) is 33.7 Å². The molecule has 4 N–H and O–H groups in total. The van der Waals surface area contributed by atoms with Crippen molar-refractivity contribution in [2.45, 2.75) is 37.7 Å². The Balaban J connectivity index is 2.33. The van der Waals surface area contributed by atoms with Crippen LogP contribution in [-0.2, 0) is 21.2 Å². The summed E-state index contributed by atoms with van der Waals surface area (Å²) in [5, 5.41) is 17.7. The van der Waals surface area contributed by atoms with Crippen LogP contribution in [0.15, 0.2) is 77.5 Å². The third kappa shape index (κ3) is 7.45. The molecule has 0 aliphatic carbocycles. The van der Waals surface area contributed by atoms with Gasteiger partial charge in [0.15, 0.2) is 0 Å². The summed E-state index contributed by atoms with van der Waals surface area (Å²) in [6.45, 7) is 8.25. The molecule has 0 unspecified atom stereocenters. The fourth-order valence-corrected chi connectivity index (χ4v) is 3.59. The van der Waals surface area contributed by atoms with Crippen LogP contribution < -0.4 is 10.5 Å². The molecule has 0 saturated heterocycles. The number of amides is 1. The van der Waals surface area contributed by atoms with Crippen molar-refractivity contribution in [2.75, 3.05) is 5.32 Å².